The van der Waals surface area contributed by atoms with Crippen molar-refractivity contribution >= 4 is 10.0 Å². The molecule has 0 saturated carbocycles. The highest BCUT2D eigenvalue weighted by Crippen LogP contribution is 2.28. The Hall–Kier alpha value is -1.77. The summed E-state index contributed by atoms with van der Waals surface area (Å²) in [5.74, 6) is 0. The van der Waals surface area contributed by atoms with Crippen LogP contribution in [0.1, 0.15) is 12.0 Å². The molecule has 3 rings (SSSR count). The van der Waals surface area contributed by atoms with Gasteiger partial charge in [-0.1, -0.05) is 48.5 Å². The third-order valence-corrected chi connectivity index (χ3v) is 6.80. The van der Waals surface area contributed by atoms with E-state index in [1.807, 2.05) is 42.3 Å². The molecule has 1 aliphatic heterocycles. The molecule has 0 amide bonds. The summed E-state index contributed by atoms with van der Waals surface area (Å²) in [7, 11) is -1.86. The van der Waals surface area contributed by atoms with Gasteiger partial charge in [-0.15, -0.1) is 0 Å². The molecule has 0 bridgehead atoms. The van der Waals surface area contributed by atoms with E-state index in [0.717, 1.165) is 5.56 Å². The Kier molecular flexibility index (Phi) is 5.98. The van der Waals surface area contributed by atoms with Crippen molar-refractivity contribution in [3.05, 3.63) is 66.2 Å². The second kappa shape index (κ2) is 8.08. The fraction of sp³-hybridized carbons (Fsp3) is 0.400. The minimum Gasteiger partial charge on any atom is -0.390 e. The second-order valence-corrected chi connectivity index (χ2v) is 9.16. The summed E-state index contributed by atoms with van der Waals surface area (Å²) in [6.45, 7) is 0.818. The molecular formula is C20H26N2O4S. The van der Waals surface area contributed by atoms with E-state index >= 15 is 0 Å². The minimum absolute atomic E-state index is 0.134. The van der Waals surface area contributed by atoms with E-state index in [9.17, 15) is 18.6 Å². The Morgan fingerprint density at radius 2 is 1.70 bits per heavy atom. The van der Waals surface area contributed by atoms with Crippen LogP contribution in [0.25, 0.3) is 0 Å². The van der Waals surface area contributed by atoms with E-state index in [-0.39, 0.29) is 31.0 Å². The zero-order chi connectivity index (χ0) is 19.5. The third kappa shape index (κ3) is 4.56. The lowest BCUT2D eigenvalue weighted by Gasteiger charge is -2.43. The Morgan fingerprint density at radius 3 is 2.33 bits per heavy atom. The molecule has 1 fully saturated rings. The minimum atomic E-state index is -3.71. The summed E-state index contributed by atoms with van der Waals surface area (Å²) in [4.78, 5) is 2.10. The predicted octanol–water partition coefficient (Wildman–Crippen LogP) is 1.30. The highest BCUT2D eigenvalue weighted by atomic mass is 32.2. The highest BCUT2D eigenvalue weighted by Gasteiger charge is 2.45. The van der Waals surface area contributed by atoms with Crippen LogP contribution < -0.4 is 0 Å². The number of aliphatic hydroxyl groups is 2. The molecule has 146 valence electrons. The zero-order valence-electron chi connectivity index (χ0n) is 15.4. The number of likely N-dealkylation sites (N-methyl/N-ethyl adjacent to an activating group) is 1. The van der Waals surface area contributed by atoms with Crippen LogP contribution in [0.4, 0.5) is 0 Å². The molecule has 0 unspecified atom stereocenters. The maximum atomic E-state index is 12.9. The number of rotatable bonds is 6. The van der Waals surface area contributed by atoms with E-state index in [2.05, 4.69) is 0 Å². The van der Waals surface area contributed by atoms with Crippen molar-refractivity contribution in [1.82, 2.24) is 9.21 Å². The van der Waals surface area contributed by atoms with Gasteiger partial charge in [0.2, 0.25) is 10.0 Å². The lowest BCUT2D eigenvalue weighted by molar-refractivity contribution is -0.119. The van der Waals surface area contributed by atoms with Crippen molar-refractivity contribution in [2.45, 2.75) is 29.6 Å². The van der Waals surface area contributed by atoms with Crippen LogP contribution in [-0.2, 0) is 16.6 Å². The molecule has 0 radical (unpaired) electrons. The van der Waals surface area contributed by atoms with Gasteiger partial charge in [-0.2, -0.15) is 4.31 Å². The van der Waals surface area contributed by atoms with Crippen LogP contribution >= 0.6 is 0 Å². The van der Waals surface area contributed by atoms with Gasteiger partial charge in [0.05, 0.1) is 11.0 Å². The normalized spacial score (nSPS) is 24.2. The van der Waals surface area contributed by atoms with E-state index in [1.165, 1.54) is 4.31 Å². The largest absolute Gasteiger partial charge is 0.390 e. The number of aliphatic hydroxyl groups excluding tert-OH is 1. The van der Waals surface area contributed by atoms with E-state index in [4.69, 9.17) is 0 Å². The van der Waals surface area contributed by atoms with Gasteiger partial charge in [-0.25, -0.2) is 8.42 Å². The number of benzene rings is 2. The van der Waals surface area contributed by atoms with Gasteiger partial charge in [0.25, 0.3) is 0 Å². The van der Waals surface area contributed by atoms with Crippen molar-refractivity contribution < 1.29 is 18.6 Å². The number of hydrogen-bond donors (Lipinski definition) is 2. The first-order valence-electron chi connectivity index (χ1n) is 8.99. The van der Waals surface area contributed by atoms with Gasteiger partial charge >= 0.3 is 0 Å². The number of piperidine rings is 1. The van der Waals surface area contributed by atoms with Crippen LogP contribution in [0.3, 0.4) is 0 Å². The molecule has 0 aliphatic carbocycles. The van der Waals surface area contributed by atoms with E-state index in [0.29, 0.717) is 6.54 Å². The fourth-order valence-corrected chi connectivity index (χ4v) is 5.08. The standard InChI is InChI=1S/C20H26N2O4S/c1-21(14-17-8-4-2-5-9-17)15-20(24)16-22(13-12-19(20)23)27(25,26)18-10-6-3-7-11-18/h2-11,19,23-24H,12-16H2,1H3/t19-,20+/m0/s1. The van der Waals surface area contributed by atoms with Gasteiger partial charge in [0.15, 0.2) is 0 Å². The second-order valence-electron chi connectivity index (χ2n) is 7.22. The molecule has 0 aromatic heterocycles. The van der Waals surface area contributed by atoms with Crippen molar-refractivity contribution in [1.29, 1.82) is 0 Å². The summed E-state index contributed by atoms with van der Waals surface area (Å²) >= 11 is 0. The Bertz CT molecular complexity index is 845. The number of hydrogen-bond acceptors (Lipinski definition) is 5. The van der Waals surface area contributed by atoms with E-state index in [1.54, 1.807) is 30.3 Å². The van der Waals surface area contributed by atoms with Crippen LogP contribution in [0.2, 0.25) is 0 Å². The van der Waals surface area contributed by atoms with Crippen LogP contribution in [0, 0.1) is 0 Å². The fourth-order valence-electron chi connectivity index (χ4n) is 3.55. The lowest BCUT2D eigenvalue weighted by atomic mass is 9.90. The SMILES string of the molecule is CN(Cc1ccccc1)C[C@@]1(O)CN(S(=O)(=O)c2ccccc2)CC[C@@H]1O. The third-order valence-electron chi connectivity index (χ3n) is 4.94. The average Bonchev–Trinajstić information content (AvgIpc) is 2.65. The maximum Gasteiger partial charge on any atom is 0.243 e. The highest BCUT2D eigenvalue weighted by molar-refractivity contribution is 7.89. The molecule has 2 aromatic rings. The molecular weight excluding hydrogens is 364 g/mol. The molecule has 6 nitrogen and oxygen atoms in total. The van der Waals surface area contributed by atoms with Crippen LogP contribution in [0.5, 0.6) is 0 Å². The quantitative estimate of drug-likeness (QED) is 0.777. The first-order valence-corrected chi connectivity index (χ1v) is 10.4. The first-order chi connectivity index (χ1) is 12.8. The van der Waals surface area contributed by atoms with Crippen molar-refractivity contribution in [3.63, 3.8) is 0 Å². The smallest absolute Gasteiger partial charge is 0.243 e. The number of β-amino-alcohol motifs (C(OH)–C–C–N with tert-alkyl or cyclic N) is 1. The lowest BCUT2D eigenvalue weighted by Crippen LogP contribution is -2.62. The van der Waals surface area contributed by atoms with Crippen molar-refractivity contribution in [3.8, 4) is 0 Å². The molecule has 1 aliphatic rings. The molecule has 7 heteroatoms. The predicted molar refractivity (Wildman–Crippen MR) is 104 cm³/mol. The average molecular weight is 391 g/mol. The molecule has 2 aromatic carbocycles. The van der Waals surface area contributed by atoms with Gasteiger partial charge < -0.3 is 10.2 Å². The van der Waals surface area contributed by atoms with Gasteiger partial charge in [-0.3, -0.25) is 4.90 Å². The topological polar surface area (TPSA) is 81.1 Å². The summed E-state index contributed by atoms with van der Waals surface area (Å²) < 4.78 is 27.0. The van der Waals surface area contributed by atoms with Gasteiger partial charge in [0, 0.05) is 26.2 Å². The molecule has 2 atom stereocenters. The number of sulfonamides is 1. The van der Waals surface area contributed by atoms with Crippen molar-refractivity contribution in [2.24, 2.45) is 0 Å². The Morgan fingerprint density at radius 1 is 1.11 bits per heavy atom. The molecule has 1 heterocycles. The molecule has 1 saturated heterocycles. The molecule has 2 N–H and O–H groups in total. The maximum absolute atomic E-state index is 12.9. The summed E-state index contributed by atoms with van der Waals surface area (Å²) in [6, 6.07) is 18.0. The Labute approximate surface area is 160 Å². The Balaban J connectivity index is 1.74. The molecule has 27 heavy (non-hydrogen) atoms. The summed E-state index contributed by atoms with van der Waals surface area (Å²) in [5, 5.41) is 21.5. The first kappa shape index (κ1) is 20.0. The van der Waals surface area contributed by atoms with Crippen molar-refractivity contribution in [2.75, 3.05) is 26.7 Å². The monoisotopic (exact) mass is 390 g/mol. The summed E-state index contributed by atoms with van der Waals surface area (Å²) in [6.07, 6.45) is -0.778. The van der Waals surface area contributed by atoms with Gasteiger partial charge in [0.1, 0.15) is 5.60 Å². The van der Waals surface area contributed by atoms with Gasteiger partial charge in [-0.05, 0) is 31.2 Å². The number of nitrogens with zero attached hydrogens (tertiary/aromatic N) is 2. The summed E-state index contributed by atoms with van der Waals surface area (Å²) in [5.41, 5.74) is -0.438. The van der Waals surface area contributed by atoms with E-state index < -0.39 is 21.7 Å². The van der Waals surface area contributed by atoms with Crippen LogP contribution in [-0.4, -0.2) is 66.2 Å². The zero-order valence-corrected chi connectivity index (χ0v) is 16.2. The van der Waals surface area contributed by atoms with Crippen LogP contribution in [0.15, 0.2) is 65.6 Å². The molecule has 0 spiro atoms.